The van der Waals surface area contributed by atoms with Crippen molar-refractivity contribution in [2.24, 2.45) is 11.8 Å². The minimum absolute atomic E-state index is 0.410. The number of rotatable bonds is 2. The zero-order chi connectivity index (χ0) is 13.4. The number of hydrogen-bond acceptors (Lipinski definition) is 2. The average molecular weight is 276 g/mol. The first kappa shape index (κ1) is 12.7. The van der Waals surface area contributed by atoms with Crippen LogP contribution in [0.25, 0.3) is 11.4 Å². The zero-order valence-corrected chi connectivity index (χ0v) is 12.0. The van der Waals surface area contributed by atoms with Gasteiger partial charge in [0, 0.05) is 11.6 Å². The largest absolute Gasteiger partial charge is 0.294 e. The molecule has 1 aliphatic rings. The molecule has 1 fully saturated rings. The van der Waals surface area contributed by atoms with Crippen LogP contribution in [0, 0.1) is 11.8 Å². The Morgan fingerprint density at radius 2 is 1.84 bits per heavy atom. The molecule has 0 amide bonds. The summed E-state index contributed by atoms with van der Waals surface area (Å²) in [7, 11) is 0. The molecule has 0 spiro atoms. The molecule has 3 rings (SSSR count). The number of benzene rings is 1. The van der Waals surface area contributed by atoms with E-state index in [1.807, 2.05) is 18.2 Å². The van der Waals surface area contributed by atoms with Gasteiger partial charge in [-0.05, 0) is 36.3 Å². The predicted octanol–water partition coefficient (Wildman–Crippen LogP) is 4.21. The van der Waals surface area contributed by atoms with Gasteiger partial charge in [-0.3, -0.25) is 4.57 Å². The maximum atomic E-state index is 6.28. The normalized spacial score (nSPS) is 26.8. The van der Waals surface area contributed by atoms with E-state index in [2.05, 4.69) is 40.7 Å². The van der Waals surface area contributed by atoms with Crippen molar-refractivity contribution in [1.82, 2.24) is 14.8 Å². The van der Waals surface area contributed by atoms with Crippen LogP contribution in [-0.4, -0.2) is 14.8 Å². The molecule has 0 radical (unpaired) electrons. The van der Waals surface area contributed by atoms with E-state index < -0.39 is 0 Å². The number of nitrogens with zero attached hydrogens (tertiary/aromatic N) is 3. The van der Waals surface area contributed by atoms with E-state index >= 15 is 0 Å². The molecule has 1 saturated carbocycles. The molecule has 3 atom stereocenters. The van der Waals surface area contributed by atoms with Crippen LogP contribution in [0.1, 0.15) is 32.7 Å². The second-order valence-electron chi connectivity index (χ2n) is 5.51. The first-order valence-corrected chi connectivity index (χ1v) is 7.22. The second-order valence-corrected chi connectivity index (χ2v) is 5.85. The summed E-state index contributed by atoms with van der Waals surface area (Å²) in [6.07, 6.45) is 2.40. The van der Waals surface area contributed by atoms with E-state index in [0.717, 1.165) is 23.7 Å². The van der Waals surface area contributed by atoms with Crippen LogP contribution >= 0.6 is 11.6 Å². The van der Waals surface area contributed by atoms with Gasteiger partial charge >= 0.3 is 0 Å². The van der Waals surface area contributed by atoms with Crippen molar-refractivity contribution in [3.63, 3.8) is 0 Å². The molecule has 1 aromatic heterocycles. The maximum absolute atomic E-state index is 6.28. The van der Waals surface area contributed by atoms with Crippen molar-refractivity contribution in [1.29, 1.82) is 0 Å². The van der Waals surface area contributed by atoms with E-state index in [1.54, 1.807) is 0 Å². The van der Waals surface area contributed by atoms with Gasteiger partial charge in [-0.1, -0.05) is 44.2 Å². The lowest BCUT2D eigenvalue weighted by molar-refractivity contribution is 0.354. The molecule has 0 aliphatic heterocycles. The summed E-state index contributed by atoms with van der Waals surface area (Å²) in [6, 6.07) is 10.6. The lowest BCUT2D eigenvalue weighted by Gasteiger charge is -2.21. The van der Waals surface area contributed by atoms with Crippen molar-refractivity contribution in [2.75, 3.05) is 0 Å². The van der Waals surface area contributed by atoms with Crippen LogP contribution in [0.15, 0.2) is 30.3 Å². The Bertz CT molecular complexity index is 564. The van der Waals surface area contributed by atoms with Crippen LogP contribution in [0.2, 0.25) is 5.28 Å². The van der Waals surface area contributed by atoms with Gasteiger partial charge < -0.3 is 0 Å². The molecule has 0 bridgehead atoms. The van der Waals surface area contributed by atoms with Crippen LogP contribution < -0.4 is 0 Å². The first-order valence-electron chi connectivity index (χ1n) is 6.84. The maximum Gasteiger partial charge on any atom is 0.225 e. The Morgan fingerprint density at radius 3 is 2.47 bits per heavy atom. The van der Waals surface area contributed by atoms with Crippen LogP contribution in [0.4, 0.5) is 0 Å². The fourth-order valence-electron chi connectivity index (χ4n) is 3.05. The molecule has 100 valence electrons. The summed E-state index contributed by atoms with van der Waals surface area (Å²) in [4.78, 5) is 0. The number of hydrogen-bond donors (Lipinski definition) is 0. The number of aromatic nitrogens is 3. The Hall–Kier alpha value is -1.35. The minimum Gasteiger partial charge on any atom is -0.294 e. The van der Waals surface area contributed by atoms with E-state index in [9.17, 15) is 0 Å². The quantitative estimate of drug-likeness (QED) is 0.822. The Morgan fingerprint density at radius 1 is 1.11 bits per heavy atom. The molecule has 19 heavy (non-hydrogen) atoms. The van der Waals surface area contributed by atoms with Gasteiger partial charge in [-0.2, -0.15) is 0 Å². The topological polar surface area (TPSA) is 30.7 Å². The molecule has 3 unspecified atom stereocenters. The summed E-state index contributed by atoms with van der Waals surface area (Å²) >= 11 is 6.28. The monoisotopic (exact) mass is 275 g/mol. The smallest absolute Gasteiger partial charge is 0.225 e. The standard InChI is InChI=1S/C15H18ClN3/c1-10-8-9-13(11(10)2)19-14(17-18-15(19)16)12-6-4-3-5-7-12/h3-7,10-11,13H,8-9H2,1-2H3. The summed E-state index contributed by atoms with van der Waals surface area (Å²) < 4.78 is 2.12. The summed E-state index contributed by atoms with van der Waals surface area (Å²) in [5.41, 5.74) is 1.08. The number of halogens is 1. The summed E-state index contributed by atoms with van der Waals surface area (Å²) in [5.74, 6) is 2.22. The highest BCUT2D eigenvalue weighted by Gasteiger charge is 2.34. The molecule has 0 N–H and O–H groups in total. The third-order valence-corrected chi connectivity index (χ3v) is 4.70. The Labute approximate surface area is 118 Å². The van der Waals surface area contributed by atoms with E-state index in [4.69, 9.17) is 11.6 Å². The van der Waals surface area contributed by atoms with Crippen molar-refractivity contribution < 1.29 is 0 Å². The zero-order valence-electron chi connectivity index (χ0n) is 11.3. The van der Waals surface area contributed by atoms with Crippen LogP contribution in [-0.2, 0) is 0 Å². The van der Waals surface area contributed by atoms with E-state index in [-0.39, 0.29) is 0 Å². The van der Waals surface area contributed by atoms with Gasteiger partial charge in [-0.25, -0.2) is 0 Å². The van der Waals surface area contributed by atoms with E-state index in [0.29, 0.717) is 17.2 Å². The molecule has 1 heterocycles. The molecule has 1 aromatic carbocycles. The molecule has 4 heteroatoms. The lowest BCUT2D eigenvalue weighted by Crippen LogP contribution is -2.15. The van der Waals surface area contributed by atoms with Gasteiger partial charge in [0.2, 0.25) is 5.28 Å². The SMILES string of the molecule is CC1CCC(n2c(Cl)nnc2-c2ccccc2)C1C. The fourth-order valence-corrected chi connectivity index (χ4v) is 3.30. The molecule has 1 aliphatic carbocycles. The molecule has 0 saturated heterocycles. The minimum atomic E-state index is 0.410. The average Bonchev–Trinajstić information content (AvgIpc) is 2.95. The first-order chi connectivity index (χ1) is 9.18. The lowest BCUT2D eigenvalue weighted by atomic mass is 9.97. The highest BCUT2D eigenvalue weighted by atomic mass is 35.5. The highest BCUT2D eigenvalue weighted by molar-refractivity contribution is 6.28. The molecular formula is C15H18ClN3. The summed E-state index contributed by atoms with van der Waals surface area (Å²) in [5, 5.41) is 8.85. The van der Waals surface area contributed by atoms with Crippen molar-refractivity contribution in [3.8, 4) is 11.4 Å². The van der Waals surface area contributed by atoms with Gasteiger partial charge in [-0.15, -0.1) is 10.2 Å². The van der Waals surface area contributed by atoms with Crippen LogP contribution in [0.3, 0.4) is 0 Å². The third-order valence-electron chi connectivity index (χ3n) is 4.44. The van der Waals surface area contributed by atoms with Crippen molar-refractivity contribution in [3.05, 3.63) is 35.6 Å². The van der Waals surface area contributed by atoms with Gasteiger partial charge in [0.1, 0.15) is 0 Å². The van der Waals surface area contributed by atoms with Crippen molar-refractivity contribution >= 4 is 11.6 Å². The summed E-state index contributed by atoms with van der Waals surface area (Å²) in [6.45, 7) is 4.61. The fraction of sp³-hybridized carbons (Fsp3) is 0.467. The van der Waals surface area contributed by atoms with Crippen molar-refractivity contribution in [2.45, 2.75) is 32.7 Å². The van der Waals surface area contributed by atoms with Gasteiger partial charge in [0.05, 0.1) is 0 Å². The van der Waals surface area contributed by atoms with E-state index in [1.165, 1.54) is 6.42 Å². The van der Waals surface area contributed by atoms with Gasteiger partial charge in [0.15, 0.2) is 5.82 Å². The Kier molecular flexibility index (Phi) is 3.31. The van der Waals surface area contributed by atoms with Gasteiger partial charge in [0.25, 0.3) is 0 Å². The second kappa shape index (κ2) is 4.97. The molecule has 2 aromatic rings. The van der Waals surface area contributed by atoms with Crippen LogP contribution in [0.5, 0.6) is 0 Å². The predicted molar refractivity (Wildman–Crippen MR) is 77.1 cm³/mol. The molecular weight excluding hydrogens is 258 g/mol. The third kappa shape index (κ3) is 2.16. The Balaban J connectivity index is 2.05. The molecule has 3 nitrogen and oxygen atoms in total. The highest BCUT2D eigenvalue weighted by Crippen LogP contribution is 2.42.